The van der Waals surface area contributed by atoms with E-state index in [1.54, 1.807) is 0 Å². The molecule has 9 nitrogen and oxygen atoms in total. The first-order chi connectivity index (χ1) is 20.8. The number of hydrogen-bond acceptors (Lipinski definition) is 7. The van der Waals surface area contributed by atoms with Crippen molar-refractivity contribution in [3.05, 3.63) is 82.1 Å². The summed E-state index contributed by atoms with van der Waals surface area (Å²) in [6.45, 7) is 13.4. The summed E-state index contributed by atoms with van der Waals surface area (Å²) < 4.78 is 26.5. The standard InChI is InChI=1S/C32H34ClFN6O3/c1-20(34)31(41)40-14-13-39(17-23(40)16-35-2)30-25-19-42-28(24-10-4-7-21-8-5-11-26(33)29(21)24)15-27(25)36-32(37-30)43-18-22-9-6-12-38(22)3/h4-5,7-8,10-11,22-23,28H,1,6,9,12-19H2,3H3/t22-,23-,28+/m0/s1. The maximum atomic E-state index is 13.8. The average Bonchev–Trinajstić information content (AvgIpc) is 3.43. The average molecular weight is 605 g/mol. The highest BCUT2D eigenvalue weighted by Gasteiger charge is 2.37. The van der Waals surface area contributed by atoms with Crippen LogP contribution in [0.15, 0.2) is 48.8 Å². The van der Waals surface area contributed by atoms with Crippen LogP contribution in [0.3, 0.4) is 0 Å². The van der Waals surface area contributed by atoms with Crippen molar-refractivity contribution < 1.29 is 18.7 Å². The fraction of sp³-hybridized carbons (Fsp3) is 0.438. The summed E-state index contributed by atoms with van der Waals surface area (Å²) in [5.74, 6) is -1.14. The van der Waals surface area contributed by atoms with E-state index in [9.17, 15) is 9.18 Å². The van der Waals surface area contributed by atoms with Gasteiger partial charge in [0.05, 0.1) is 18.4 Å². The first kappa shape index (κ1) is 29.3. The Kier molecular flexibility index (Phi) is 8.48. The molecule has 1 amide bonds. The van der Waals surface area contributed by atoms with Gasteiger partial charge in [0.1, 0.15) is 18.5 Å². The van der Waals surface area contributed by atoms with Gasteiger partial charge in [-0.1, -0.05) is 48.5 Å². The van der Waals surface area contributed by atoms with E-state index in [2.05, 4.69) is 23.4 Å². The quantitative estimate of drug-likeness (QED) is 0.278. The predicted octanol–water partition coefficient (Wildman–Crippen LogP) is 4.99. The largest absolute Gasteiger partial charge is 0.462 e. The monoisotopic (exact) mass is 604 g/mol. The number of hydrogen-bond donors (Lipinski definition) is 0. The van der Waals surface area contributed by atoms with Crippen LogP contribution in [0, 0.1) is 6.57 Å². The zero-order chi connectivity index (χ0) is 30.1. The van der Waals surface area contributed by atoms with Crippen LogP contribution in [-0.4, -0.2) is 84.1 Å². The number of carbonyl (C=O) groups is 1. The van der Waals surface area contributed by atoms with Crippen molar-refractivity contribution in [1.29, 1.82) is 0 Å². The molecule has 0 unspecified atom stereocenters. The van der Waals surface area contributed by atoms with E-state index in [4.69, 9.17) is 37.6 Å². The number of nitrogens with zero attached hydrogens (tertiary/aromatic N) is 6. The van der Waals surface area contributed by atoms with E-state index in [1.165, 1.54) is 4.90 Å². The maximum Gasteiger partial charge on any atom is 0.318 e. The maximum absolute atomic E-state index is 13.8. The summed E-state index contributed by atoms with van der Waals surface area (Å²) in [7, 11) is 2.10. The van der Waals surface area contributed by atoms with E-state index in [1.807, 2.05) is 41.3 Å². The smallest absolute Gasteiger partial charge is 0.318 e. The van der Waals surface area contributed by atoms with Gasteiger partial charge in [-0.3, -0.25) is 4.79 Å². The molecule has 224 valence electrons. The Morgan fingerprint density at radius 2 is 2.02 bits per heavy atom. The van der Waals surface area contributed by atoms with E-state index < -0.39 is 17.8 Å². The van der Waals surface area contributed by atoms with Gasteiger partial charge in [0, 0.05) is 48.1 Å². The van der Waals surface area contributed by atoms with Crippen LogP contribution >= 0.6 is 11.6 Å². The number of halogens is 2. The van der Waals surface area contributed by atoms with Gasteiger partial charge in [-0.25, -0.2) is 11.0 Å². The Hall–Kier alpha value is -3.78. The van der Waals surface area contributed by atoms with Crippen LogP contribution in [-0.2, 0) is 22.6 Å². The molecule has 1 aromatic heterocycles. The van der Waals surface area contributed by atoms with Gasteiger partial charge in [-0.2, -0.15) is 9.97 Å². The molecule has 0 N–H and O–H groups in total. The second-order valence-corrected chi connectivity index (χ2v) is 11.8. The molecule has 2 aromatic carbocycles. The lowest BCUT2D eigenvalue weighted by molar-refractivity contribution is -0.131. The third-order valence-electron chi connectivity index (χ3n) is 8.74. The van der Waals surface area contributed by atoms with Crippen LogP contribution in [0.4, 0.5) is 10.2 Å². The molecular formula is C32H34ClFN6O3. The number of anilines is 1. The summed E-state index contributed by atoms with van der Waals surface area (Å²) in [5, 5.41) is 2.68. The molecule has 2 fully saturated rings. The highest BCUT2D eigenvalue weighted by atomic mass is 35.5. The minimum absolute atomic E-state index is 0.0422. The number of likely N-dealkylation sites (N-methyl/N-ethyl adjacent to an activating group) is 1. The van der Waals surface area contributed by atoms with Crippen molar-refractivity contribution in [2.45, 2.75) is 44.1 Å². The second-order valence-electron chi connectivity index (χ2n) is 11.4. The summed E-state index contributed by atoms with van der Waals surface area (Å²) in [4.78, 5) is 31.5. The minimum Gasteiger partial charge on any atom is -0.462 e. The molecule has 3 aliphatic rings. The molecule has 0 aliphatic carbocycles. The SMILES string of the molecule is [C-]#[N+]C[C@H]1CN(c2nc(OC[C@@H]3CCCN3C)nc3c2CO[C@@H](c2cccc4cccc(Cl)c24)C3)CCN1C(=O)C(=C)F. The Morgan fingerprint density at radius 1 is 1.21 bits per heavy atom. The van der Waals surface area contributed by atoms with Gasteiger partial charge in [-0.05, 0) is 43.5 Å². The van der Waals surface area contributed by atoms with Crippen LogP contribution in [0.1, 0.15) is 35.8 Å². The molecule has 6 rings (SSSR count). The number of fused-ring (bicyclic) bond motifs is 2. The number of ether oxygens (including phenoxy) is 2. The van der Waals surface area contributed by atoms with Crippen molar-refractivity contribution in [1.82, 2.24) is 19.8 Å². The third-order valence-corrected chi connectivity index (χ3v) is 9.06. The van der Waals surface area contributed by atoms with Crippen LogP contribution < -0.4 is 9.64 Å². The fourth-order valence-corrected chi connectivity index (χ4v) is 6.73. The number of benzene rings is 2. The molecule has 0 spiro atoms. The molecule has 2 saturated heterocycles. The highest BCUT2D eigenvalue weighted by Crippen LogP contribution is 2.39. The van der Waals surface area contributed by atoms with Gasteiger partial charge < -0.3 is 29.0 Å². The predicted molar refractivity (Wildman–Crippen MR) is 163 cm³/mol. The molecule has 0 saturated carbocycles. The van der Waals surface area contributed by atoms with Crippen LogP contribution in [0.2, 0.25) is 5.02 Å². The normalized spacial score (nSPS) is 22.3. The Balaban J connectivity index is 1.34. The Morgan fingerprint density at radius 3 is 2.77 bits per heavy atom. The number of amides is 1. The molecule has 3 aromatic rings. The highest BCUT2D eigenvalue weighted by molar-refractivity contribution is 6.35. The second kappa shape index (κ2) is 12.4. The fourth-order valence-electron chi connectivity index (χ4n) is 6.44. The van der Waals surface area contributed by atoms with E-state index >= 15 is 0 Å². The van der Waals surface area contributed by atoms with E-state index in [0.29, 0.717) is 49.0 Å². The molecule has 11 heteroatoms. The van der Waals surface area contributed by atoms with Crippen molar-refractivity contribution in [2.24, 2.45) is 0 Å². The number of carbonyl (C=O) groups excluding carboxylic acids is 1. The zero-order valence-corrected chi connectivity index (χ0v) is 24.9. The summed E-state index contributed by atoms with van der Waals surface area (Å²) in [6.07, 6.45) is 2.41. The lowest BCUT2D eigenvalue weighted by atomic mass is 9.94. The Bertz CT molecular complexity index is 1590. The zero-order valence-electron chi connectivity index (χ0n) is 24.1. The number of aromatic nitrogens is 2. The summed E-state index contributed by atoms with van der Waals surface area (Å²) >= 11 is 6.65. The minimum atomic E-state index is -1.02. The van der Waals surface area contributed by atoms with Gasteiger partial charge in [-0.15, -0.1) is 0 Å². The van der Waals surface area contributed by atoms with E-state index in [-0.39, 0.29) is 25.8 Å². The first-order valence-electron chi connectivity index (χ1n) is 14.6. The number of piperazine rings is 1. The van der Waals surface area contributed by atoms with Crippen molar-refractivity contribution in [3.63, 3.8) is 0 Å². The summed E-state index contributed by atoms with van der Waals surface area (Å²) in [6, 6.07) is 12.0. The van der Waals surface area contributed by atoms with Crippen molar-refractivity contribution in [3.8, 4) is 6.01 Å². The van der Waals surface area contributed by atoms with Gasteiger partial charge in [0.2, 0.25) is 6.54 Å². The van der Waals surface area contributed by atoms with Gasteiger partial charge in [0.25, 0.3) is 5.91 Å². The molecule has 0 bridgehead atoms. The molecule has 3 aliphatic heterocycles. The lowest BCUT2D eigenvalue weighted by Gasteiger charge is -2.40. The lowest BCUT2D eigenvalue weighted by Crippen LogP contribution is -2.57. The topological polar surface area (TPSA) is 75.4 Å². The Labute approximate surface area is 255 Å². The third kappa shape index (κ3) is 5.90. The molecule has 43 heavy (non-hydrogen) atoms. The number of rotatable bonds is 7. The van der Waals surface area contributed by atoms with Crippen LogP contribution in [0.5, 0.6) is 6.01 Å². The molecular weight excluding hydrogens is 571 g/mol. The van der Waals surface area contributed by atoms with E-state index in [0.717, 1.165) is 47.0 Å². The van der Waals surface area contributed by atoms with Gasteiger partial charge >= 0.3 is 6.01 Å². The molecule has 4 heterocycles. The van der Waals surface area contributed by atoms with Gasteiger partial charge in [0.15, 0.2) is 5.83 Å². The van der Waals surface area contributed by atoms with Crippen LogP contribution in [0.25, 0.3) is 15.6 Å². The number of likely N-dealkylation sites (tertiary alicyclic amines) is 1. The van der Waals surface area contributed by atoms with Crippen molar-refractivity contribution in [2.75, 3.05) is 51.3 Å². The molecule has 0 radical (unpaired) electrons. The van der Waals surface area contributed by atoms with Crippen molar-refractivity contribution >= 4 is 34.1 Å². The first-order valence-corrected chi connectivity index (χ1v) is 15.0. The summed E-state index contributed by atoms with van der Waals surface area (Å²) in [5.41, 5.74) is 2.68. The molecule has 3 atom stereocenters.